The van der Waals surface area contributed by atoms with Gasteiger partial charge in [0, 0.05) is 17.3 Å². The summed E-state index contributed by atoms with van der Waals surface area (Å²) in [6.45, 7) is 1.36. The Morgan fingerprint density at radius 3 is 2.81 bits per heavy atom. The fraction of sp³-hybridized carbons (Fsp3) is 0.300. The second-order valence-electron chi connectivity index (χ2n) is 6.53. The standard InChI is InChI=1S/C20H22ClN3O3/c21-15-5-2-7-17(11-15)27-13-19(25)23-16-6-1-4-14(10-16)12-24-9-3-8-18(24)20(22)26/h1-2,4-7,10-11,18H,3,8-9,12-13H2,(H2,22,26)(H,23,25). The van der Waals surface area contributed by atoms with E-state index in [1.807, 2.05) is 24.3 Å². The number of halogens is 1. The van der Waals surface area contributed by atoms with Crippen LogP contribution in [0.4, 0.5) is 5.69 Å². The fourth-order valence-corrected chi connectivity index (χ4v) is 3.40. The van der Waals surface area contributed by atoms with E-state index >= 15 is 0 Å². The largest absolute Gasteiger partial charge is 0.484 e. The number of amides is 2. The second kappa shape index (κ2) is 8.88. The Labute approximate surface area is 163 Å². The Balaban J connectivity index is 1.55. The van der Waals surface area contributed by atoms with Gasteiger partial charge in [-0.25, -0.2) is 0 Å². The normalized spacial score (nSPS) is 16.9. The monoisotopic (exact) mass is 387 g/mol. The van der Waals surface area contributed by atoms with Crippen LogP contribution in [0.15, 0.2) is 48.5 Å². The van der Waals surface area contributed by atoms with Crippen LogP contribution >= 0.6 is 11.6 Å². The first kappa shape index (κ1) is 19.2. The van der Waals surface area contributed by atoms with Gasteiger partial charge in [-0.15, -0.1) is 0 Å². The number of nitrogens with two attached hydrogens (primary N) is 1. The van der Waals surface area contributed by atoms with Crippen molar-refractivity contribution in [1.29, 1.82) is 0 Å². The Bertz CT molecular complexity index is 828. The molecule has 1 atom stereocenters. The lowest BCUT2D eigenvalue weighted by molar-refractivity contribution is -0.122. The first-order valence-electron chi connectivity index (χ1n) is 8.82. The molecule has 1 fully saturated rings. The van der Waals surface area contributed by atoms with Crippen molar-refractivity contribution in [2.75, 3.05) is 18.5 Å². The summed E-state index contributed by atoms with van der Waals surface area (Å²) in [7, 11) is 0. The fourth-order valence-electron chi connectivity index (χ4n) is 3.22. The highest BCUT2D eigenvalue weighted by Gasteiger charge is 2.28. The van der Waals surface area contributed by atoms with Crippen molar-refractivity contribution in [3.63, 3.8) is 0 Å². The Hall–Kier alpha value is -2.57. The van der Waals surface area contributed by atoms with Gasteiger partial charge >= 0.3 is 0 Å². The quantitative estimate of drug-likeness (QED) is 0.765. The molecule has 0 saturated carbocycles. The second-order valence-corrected chi connectivity index (χ2v) is 6.96. The first-order chi connectivity index (χ1) is 13.0. The number of ether oxygens (including phenoxy) is 1. The van der Waals surface area contributed by atoms with Crippen molar-refractivity contribution < 1.29 is 14.3 Å². The number of benzene rings is 2. The SMILES string of the molecule is NC(=O)C1CCCN1Cc1cccc(NC(=O)COc2cccc(Cl)c2)c1. The van der Waals surface area contributed by atoms with Gasteiger partial charge in [0.25, 0.3) is 5.91 Å². The molecular weight excluding hydrogens is 366 g/mol. The predicted molar refractivity (Wildman–Crippen MR) is 105 cm³/mol. The van der Waals surface area contributed by atoms with Crippen molar-refractivity contribution in [1.82, 2.24) is 4.90 Å². The molecule has 1 heterocycles. The van der Waals surface area contributed by atoms with E-state index in [4.69, 9.17) is 22.1 Å². The minimum absolute atomic E-state index is 0.111. The Morgan fingerprint density at radius 1 is 1.22 bits per heavy atom. The van der Waals surface area contributed by atoms with Gasteiger partial charge in [0.15, 0.2) is 6.61 Å². The molecule has 6 nitrogen and oxygen atoms in total. The van der Waals surface area contributed by atoms with Gasteiger partial charge in [0.1, 0.15) is 5.75 Å². The van der Waals surface area contributed by atoms with E-state index in [1.54, 1.807) is 24.3 Å². The number of nitrogens with one attached hydrogen (secondary N) is 1. The zero-order chi connectivity index (χ0) is 19.2. The number of likely N-dealkylation sites (tertiary alicyclic amines) is 1. The number of anilines is 1. The minimum Gasteiger partial charge on any atom is -0.484 e. The summed E-state index contributed by atoms with van der Waals surface area (Å²) < 4.78 is 5.44. The molecule has 7 heteroatoms. The van der Waals surface area contributed by atoms with Gasteiger partial charge in [-0.2, -0.15) is 0 Å². The topological polar surface area (TPSA) is 84.7 Å². The highest BCUT2D eigenvalue weighted by Crippen LogP contribution is 2.21. The van der Waals surface area contributed by atoms with Gasteiger partial charge in [-0.05, 0) is 55.3 Å². The molecule has 1 unspecified atom stereocenters. The molecule has 0 spiro atoms. The smallest absolute Gasteiger partial charge is 0.262 e. The molecule has 1 aliphatic heterocycles. The molecular formula is C20H22ClN3O3. The van der Waals surface area contributed by atoms with Crippen LogP contribution in [0.3, 0.4) is 0 Å². The summed E-state index contributed by atoms with van der Waals surface area (Å²) in [4.78, 5) is 25.7. The number of carbonyl (C=O) groups excluding carboxylic acids is 2. The average molecular weight is 388 g/mol. The number of nitrogens with zero attached hydrogens (tertiary/aromatic N) is 1. The Morgan fingerprint density at radius 2 is 2.04 bits per heavy atom. The molecule has 142 valence electrons. The maximum Gasteiger partial charge on any atom is 0.262 e. The molecule has 0 radical (unpaired) electrons. The summed E-state index contributed by atoms with van der Waals surface area (Å²) in [5, 5.41) is 3.37. The molecule has 3 rings (SSSR count). The lowest BCUT2D eigenvalue weighted by Crippen LogP contribution is -2.39. The maximum atomic E-state index is 12.1. The molecule has 1 aliphatic rings. The Kier molecular flexibility index (Phi) is 6.32. The van der Waals surface area contributed by atoms with Gasteiger partial charge in [0.05, 0.1) is 6.04 Å². The lowest BCUT2D eigenvalue weighted by Gasteiger charge is -2.22. The van der Waals surface area contributed by atoms with E-state index in [9.17, 15) is 9.59 Å². The molecule has 3 N–H and O–H groups in total. The summed E-state index contributed by atoms with van der Waals surface area (Å²) in [6.07, 6.45) is 1.76. The molecule has 0 aliphatic carbocycles. The van der Waals surface area contributed by atoms with E-state index in [2.05, 4.69) is 10.2 Å². The van der Waals surface area contributed by atoms with Crippen molar-refractivity contribution in [2.24, 2.45) is 5.73 Å². The molecule has 2 amide bonds. The van der Waals surface area contributed by atoms with E-state index < -0.39 is 0 Å². The van der Waals surface area contributed by atoms with Crippen LogP contribution in [-0.4, -0.2) is 35.9 Å². The van der Waals surface area contributed by atoms with Crippen LogP contribution < -0.4 is 15.8 Å². The number of primary amides is 1. The predicted octanol–water partition coefficient (Wildman–Crippen LogP) is 2.81. The van der Waals surface area contributed by atoms with Crippen molar-refractivity contribution >= 4 is 29.1 Å². The zero-order valence-electron chi connectivity index (χ0n) is 14.9. The van der Waals surface area contributed by atoms with Crippen LogP contribution in [0.1, 0.15) is 18.4 Å². The summed E-state index contributed by atoms with van der Waals surface area (Å²) in [5.41, 5.74) is 7.16. The highest BCUT2D eigenvalue weighted by atomic mass is 35.5. The minimum atomic E-state index is -0.282. The third kappa shape index (κ3) is 5.45. The van der Waals surface area contributed by atoms with Gasteiger partial charge in [-0.1, -0.05) is 29.8 Å². The summed E-state index contributed by atoms with van der Waals surface area (Å²) >= 11 is 5.89. The van der Waals surface area contributed by atoms with Crippen molar-refractivity contribution in [3.8, 4) is 5.75 Å². The third-order valence-electron chi connectivity index (χ3n) is 4.45. The number of hydrogen-bond acceptors (Lipinski definition) is 4. The van der Waals surface area contributed by atoms with Crippen molar-refractivity contribution in [2.45, 2.75) is 25.4 Å². The highest BCUT2D eigenvalue weighted by molar-refractivity contribution is 6.30. The zero-order valence-corrected chi connectivity index (χ0v) is 15.6. The van der Waals surface area contributed by atoms with Crippen LogP contribution in [0.2, 0.25) is 5.02 Å². The van der Waals surface area contributed by atoms with Crippen LogP contribution in [0, 0.1) is 0 Å². The van der Waals surface area contributed by atoms with Crippen LogP contribution in [0.5, 0.6) is 5.75 Å². The molecule has 0 aromatic heterocycles. The summed E-state index contributed by atoms with van der Waals surface area (Å²) in [6, 6.07) is 14.2. The van der Waals surface area contributed by atoms with E-state index in [-0.39, 0.29) is 24.5 Å². The lowest BCUT2D eigenvalue weighted by atomic mass is 10.1. The number of hydrogen-bond donors (Lipinski definition) is 2. The summed E-state index contributed by atoms with van der Waals surface area (Å²) in [5.74, 6) is -0.00337. The molecule has 2 aromatic rings. The molecule has 27 heavy (non-hydrogen) atoms. The van der Waals surface area contributed by atoms with Crippen LogP contribution in [-0.2, 0) is 16.1 Å². The van der Waals surface area contributed by atoms with Gasteiger partial charge in [0.2, 0.25) is 5.91 Å². The first-order valence-corrected chi connectivity index (χ1v) is 9.19. The average Bonchev–Trinajstić information content (AvgIpc) is 3.09. The van der Waals surface area contributed by atoms with E-state index in [1.165, 1.54) is 0 Å². The molecule has 1 saturated heterocycles. The van der Waals surface area contributed by atoms with E-state index in [0.717, 1.165) is 24.9 Å². The van der Waals surface area contributed by atoms with E-state index in [0.29, 0.717) is 23.0 Å². The van der Waals surface area contributed by atoms with Crippen LogP contribution in [0.25, 0.3) is 0 Å². The maximum absolute atomic E-state index is 12.1. The van der Waals surface area contributed by atoms with Gasteiger partial charge in [-0.3, -0.25) is 14.5 Å². The molecule has 0 bridgehead atoms. The third-order valence-corrected chi connectivity index (χ3v) is 4.69. The number of carbonyl (C=O) groups is 2. The van der Waals surface area contributed by atoms with Gasteiger partial charge < -0.3 is 15.8 Å². The van der Waals surface area contributed by atoms with Crippen molar-refractivity contribution in [3.05, 3.63) is 59.1 Å². The number of rotatable bonds is 7. The molecule has 2 aromatic carbocycles.